The highest BCUT2D eigenvalue weighted by atomic mass is 16.5. The number of phenols is 1. The van der Waals surface area contributed by atoms with Gasteiger partial charge in [0.15, 0.2) is 11.4 Å². The first-order chi connectivity index (χ1) is 19.8. The molecule has 220 valence electrons. The SMILES string of the molecule is COCC(=O)Nc1ccc(-c2ccc(O)c3c2C[C@H]2C[C@H]4[C@H](C(C)C)C(=O)C(C(N)=O)=C(O)[C@@]4(O)C(=O)C2=C3O)cc1. The van der Waals surface area contributed by atoms with Crippen LogP contribution in [0, 0.1) is 23.7 Å². The molecule has 2 aromatic carbocycles. The maximum absolute atomic E-state index is 14.0. The molecule has 1 saturated carbocycles. The zero-order valence-electron chi connectivity index (χ0n) is 23.3. The quantitative estimate of drug-likeness (QED) is 0.280. The number of benzene rings is 2. The Morgan fingerprint density at radius 2 is 1.76 bits per heavy atom. The number of Topliss-reactive ketones (excluding diaryl/α,β-unsaturated/α-hetero) is 2. The first kappa shape index (κ1) is 29.0. The number of hydrogen-bond donors (Lipinski definition) is 6. The van der Waals surface area contributed by atoms with Crippen LogP contribution in [0.3, 0.4) is 0 Å². The van der Waals surface area contributed by atoms with Crippen LogP contribution in [0.15, 0.2) is 53.3 Å². The summed E-state index contributed by atoms with van der Waals surface area (Å²) < 4.78 is 4.83. The van der Waals surface area contributed by atoms with Crippen molar-refractivity contribution in [1.82, 2.24) is 0 Å². The third-order valence-corrected chi connectivity index (χ3v) is 8.61. The number of carbonyl (C=O) groups is 4. The van der Waals surface area contributed by atoms with E-state index in [1.165, 1.54) is 13.2 Å². The number of aliphatic hydroxyl groups is 3. The van der Waals surface area contributed by atoms with Crippen LogP contribution in [-0.2, 0) is 30.3 Å². The lowest BCUT2D eigenvalue weighted by Crippen LogP contribution is -2.62. The molecule has 2 amide bonds. The highest BCUT2D eigenvalue weighted by Crippen LogP contribution is 2.55. The minimum atomic E-state index is -2.65. The molecule has 3 aliphatic carbocycles. The second-order valence-electron chi connectivity index (χ2n) is 11.4. The van der Waals surface area contributed by atoms with Crippen molar-refractivity contribution in [3.05, 3.63) is 64.4 Å². The third kappa shape index (κ3) is 4.27. The van der Waals surface area contributed by atoms with Gasteiger partial charge in [-0.25, -0.2) is 0 Å². The number of ketones is 2. The van der Waals surface area contributed by atoms with Crippen molar-refractivity contribution in [2.45, 2.75) is 32.3 Å². The van der Waals surface area contributed by atoms with Crippen molar-refractivity contribution in [3.8, 4) is 16.9 Å². The van der Waals surface area contributed by atoms with Crippen LogP contribution < -0.4 is 11.1 Å². The van der Waals surface area contributed by atoms with E-state index in [2.05, 4.69) is 5.32 Å². The monoisotopic (exact) mass is 576 g/mol. The van der Waals surface area contributed by atoms with E-state index in [0.29, 0.717) is 22.4 Å². The largest absolute Gasteiger partial charge is 0.508 e. The smallest absolute Gasteiger partial charge is 0.255 e. The predicted octanol–water partition coefficient (Wildman–Crippen LogP) is 2.56. The Hall–Kier alpha value is -4.48. The van der Waals surface area contributed by atoms with Gasteiger partial charge in [-0.1, -0.05) is 32.0 Å². The molecule has 1 fully saturated rings. The fraction of sp³-hybridized carbons (Fsp3) is 0.355. The lowest BCUT2D eigenvalue weighted by molar-refractivity contribution is -0.155. The summed E-state index contributed by atoms with van der Waals surface area (Å²) in [7, 11) is 1.42. The molecule has 42 heavy (non-hydrogen) atoms. The molecule has 0 saturated heterocycles. The highest BCUT2D eigenvalue weighted by Gasteiger charge is 2.64. The average molecular weight is 577 g/mol. The number of primary amides is 1. The number of carbonyl (C=O) groups excluding carboxylic acids is 4. The normalized spacial score (nSPS) is 25.2. The molecular weight excluding hydrogens is 544 g/mol. The first-order valence-electron chi connectivity index (χ1n) is 13.5. The maximum atomic E-state index is 14.0. The van der Waals surface area contributed by atoms with Gasteiger partial charge in [0.1, 0.15) is 29.4 Å². The predicted molar refractivity (Wildman–Crippen MR) is 151 cm³/mol. The molecule has 0 heterocycles. The fourth-order valence-corrected chi connectivity index (χ4v) is 6.82. The summed E-state index contributed by atoms with van der Waals surface area (Å²) in [4.78, 5) is 51.3. The highest BCUT2D eigenvalue weighted by molar-refractivity contribution is 6.23. The van der Waals surface area contributed by atoms with Gasteiger partial charge in [-0.05, 0) is 59.6 Å². The number of fused-ring (bicyclic) bond motifs is 3. The number of anilines is 1. The Labute approximate surface area is 241 Å². The summed E-state index contributed by atoms with van der Waals surface area (Å²) in [6.45, 7) is 3.33. The first-order valence-corrected chi connectivity index (χ1v) is 13.5. The van der Waals surface area contributed by atoms with E-state index in [4.69, 9.17) is 10.5 Å². The number of aromatic hydroxyl groups is 1. The van der Waals surface area contributed by atoms with E-state index in [1.807, 2.05) is 0 Å². The lowest BCUT2D eigenvalue weighted by atomic mass is 9.54. The van der Waals surface area contributed by atoms with Gasteiger partial charge in [0.25, 0.3) is 5.91 Å². The van der Waals surface area contributed by atoms with E-state index >= 15 is 0 Å². The van der Waals surface area contributed by atoms with E-state index in [0.717, 1.165) is 0 Å². The third-order valence-electron chi connectivity index (χ3n) is 8.61. The second kappa shape index (κ2) is 10.4. The number of amides is 2. The molecule has 0 unspecified atom stereocenters. The lowest BCUT2D eigenvalue weighted by Gasteiger charge is -2.50. The summed E-state index contributed by atoms with van der Waals surface area (Å²) in [6, 6.07) is 9.98. The summed E-state index contributed by atoms with van der Waals surface area (Å²) in [5, 5.41) is 47.6. The molecule has 0 aromatic heterocycles. The van der Waals surface area contributed by atoms with Gasteiger partial charge in [0.2, 0.25) is 11.7 Å². The number of ether oxygens (including phenoxy) is 1. The zero-order valence-corrected chi connectivity index (χ0v) is 23.3. The van der Waals surface area contributed by atoms with Crippen molar-refractivity contribution in [1.29, 1.82) is 0 Å². The Balaban J connectivity index is 1.63. The summed E-state index contributed by atoms with van der Waals surface area (Å²) >= 11 is 0. The Morgan fingerprint density at radius 3 is 2.36 bits per heavy atom. The van der Waals surface area contributed by atoms with Crippen LogP contribution in [0.4, 0.5) is 5.69 Å². The van der Waals surface area contributed by atoms with Crippen molar-refractivity contribution >= 4 is 34.8 Å². The molecular formula is C31H32N2O9. The van der Waals surface area contributed by atoms with Gasteiger partial charge in [-0.3, -0.25) is 19.2 Å². The van der Waals surface area contributed by atoms with Gasteiger partial charge in [-0.15, -0.1) is 0 Å². The van der Waals surface area contributed by atoms with Crippen molar-refractivity contribution in [2.75, 3.05) is 19.0 Å². The average Bonchev–Trinajstić information content (AvgIpc) is 2.91. The van der Waals surface area contributed by atoms with Crippen LogP contribution in [0.25, 0.3) is 16.9 Å². The zero-order chi connectivity index (χ0) is 30.7. The minimum Gasteiger partial charge on any atom is -0.508 e. The number of hydrogen-bond acceptors (Lipinski definition) is 9. The number of nitrogens with one attached hydrogen (secondary N) is 1. The Kier molecular flexibility index (Phi) is 7.20. The molecule has 0 radical (unpaired) electrons. The van der Waals surface area contributed by atoms with Crippen LogP contribution in [0.5, 0.6) is 5.75 Å². The fourth-order valence-electron chi connectivity index (χ4n) is 6.82. The number of phenolic OH excluding ortho intramolecular Hbond substituents is 1. The second-order valence-corrected chi connectivity index (χ2v) is 11.4. The summed E-state index contributed by atoms with van der Waals surface area (Å²) in [5.41, 5.74) is 4.19. The molecule has 7 N–H and O–H groups in total. The molecule has 5 rings (SSSR count). The number of methoxy groups -OCH3 is 1. The Bertz CT molecular complexity index is 1590. The number of nitrogens with two attached hydrogens (primary N) is 1. The van der Waals surface area contributed by atoms with Crippen LogP contribution in [-0.4, -0.2) is 63.1 Å². The van der Waals surface area contributed by atoms with Crippen LogP contribution in [0.2, 0.25) is 0 Å². The standard InChI is InChI=1S/C31H32N2O9/c1-13(2)22-19-11-15-10-18-17(14-4-6-16(7-5-14)33-21(35)12-42-3)8-9-20(34)24(18)27(37)23(15)28(38)31(19,41)29(39)25(26(22)36)30(32)40/h4-9,13,15,19,22,34,37,39,41H,10-12H2,1-3H3,(H2,32,40)(H,33,35)/t15-,19-,22-,31-/m0/s1. The maximum Gasteiger partial charge on any atom is 0.255 e. The topological polar surface area (TPSA) is 196 Å². The number of rotatable bonds is 6. The van der Waals surface area contributed by atoms with Crippen molar-refractivity contribution < 1.29 is 44.3 Å². The molecule has 11 heteroatoms. The minimum absolute atomic E-state index is 0.0116. The molecule has 4 atom stereocenters. The molecule has 0 bridgehead atoms. The molecule has 3 aliphatic rings. The van der Waals surface area contributed by atoms with E-state index < -0.39 is 63.8 Å². The van der Waals surface area contributed by atoms with Gasteiger partial charge >= 0.3 is 0 Å². The summed E-state index contributed by atoms with van der Waals surface area (Å²) in [6.07, 6.45) is 0.209. The number of aliphatic hydroxyl groups excluding tert-OH is 2. The molecule has 0 aliphatic heterocycles. The van der Waals surface area contributed by atoms with Gasteiger partial charge in [0.05, 0.1) is 5.56 Å². The van der Waals surface area contributed by atoms with E-state index in [1.54, 1.807) is 44.2 Å². The molecule has 0 spiro atoms. The van der Waals surface area contributed by atoms with Crippen molar-refractivity contribution in [3.63, 3.8) is 0 Å². The molecule has 11 nitrogen and oxygen atoms in total. The molecule has 2 aromatic rings. The van der Waals surface area contributed by atoms with Crippen LogP contribution >= 0.6 is 0 Å². The van der Waals surface area contributed by atoms with Gasteiger partial charge < -0.3 is 36.2 Å². The van der Waals surface area contributed by atoms with Crippen molar-refractivity contribution in [2.24, 2.45) is 29.4 Å². The van der Waals surface area contributed by atoms with Gasteiger partial charge in [-0.2, -0.15) is 0 Å². The van der Waals surface area contributed by atoms with E-state index in [9.17, 15) is 39.6 Å². The Morgan fingerprint density at radius 1 is 1.10 bits per heavy atom. The van der Waals surface area contributed by atoms with E-state index in [-0.39, 0.29) is 42.2 Å². The van der Waals surface area contributed by atoms with Crippen LogP contribution in [0.1, 0.15) is 31.4 Å². The van der Waals surface area contributed by atoms with Gasteiger partial charge in [0, 0.05) is 30.2 Å². The summed E-state index contributed by atoms with van der Waals surface area (Å²) in [5.74, 6) is -8.46.